The third kappa shape index (κ3) is 2.60. The van der Waals surface area contributed by atoms with Gasteiger partial charge in [0.05, 0.1) is 5.60 Å². The maximum atomic E-state index is 5.93. The minimum Gasteiger partial charge on any atom is -0.367 e. The van der Waals surface area contributed by atoms with Gasteiger partial charge in [0.25, 0.3) is 5.89 Å². The van der Waals surface area contributed by atoms with Gasteiger partial charge in [-0.25, -0.2) is 0 Å². The zero-order valence-corrected chi connectivity index (χ0v) is 12.3. The Hall–Kier alpha value is -0.980. The number of nitrogens with zero attached hydrogens (tertiary/aromatic N) is 2. The lowest BCUT2D eigenvalue weighted by molar-refractivity contribution is -0.0841. The monoisotopic (exact) mass is 281 g/mol. The molecule has 1 saturated carbocycles. The molecule has 0 aromatic carbocycles. The molecule has 6 nitrogen and oxygen atoms in total. The average Bonchev–Trinajstić information content (AvgIpc) is 3.04. The molecule has 1 aromatic heterocycles. The Morgan fingerprint density at radius 3 is 2.60 bits per heavy atom. The lowest BCUT2D eigenvalue weighted by Gasteiger charge is -2.38. The minimum absolute atomic E-state index is 0.0976. The fourth-order valence-electron chi connectivity index (χ4n) is 2.97. The second-order valence-corrected chi connectivity index (χ2v) is 5.99. The molecule has 112 valence electrons. The third-order valence-corrected chi connectivity index (χ3v) is 4.25. The van der Waals surface area contributed by atoms with Crippen LogP contribution in [0.2, 0.25) is 0 Å². The van der Waals surface area contributed by atoms with Crippen molar-refractivity contribution < 1.29 is 14.0 Å². The molecule has 0 spiro atoms. The molecule has 0 amide bonds. The van der Waals surface area contributed by atoms with Crippen molar-refractivity contribution in [2.45, 2.75) is 57.3 Å². The summed E-state index contributed by atoms with van der Waals surface area (Å²) in [5, 5.41) is 7.33. The molecule has 1 aliphatic carbocycles. The highest BCUT2D eigenvalue weighted by molar-refractivity contribution is 5.04. The summed E-state index contributed by atoms with van der Waals surface area (Å²) in [7, 11) is 0. The molecule has 0 unspecified atom stereocenters. The van der Waals surface area contributed by atoms with Crippen LogP contribution >= 0.6 is 0 Å². The molecule has 3 rings (SSSR count). The summed E-state index contributed by atoms with van der Waals surface area (Å²) >= 11 is 0. The largest absolute Gasteiger partial charge is 0.367 e. The molecular weight excluding hydrogens is 258 g/mol. The second-order valence-electron chi connectivity index (χ2n) is 5.99. The normalized spacial score (nSPS) is 23.7. The van der Waals surface area contributed by atoms with Gasteiger partial charge in [-0.2, -0.15) is 4.98 Å². The van der Waals surface area contributed by atoms with Crippen LogP contribution in [0.15, 0.2) is 4.52 Å². The number of ether oxygens (including phenoxy) is 2. The maximum absolute atomic E-state index is 5.93. The van der Waals surface area contributed by atoms with Crippen molar-refractivity contribution in [3.8, 4) is 0 Å². The van der Waals surface area contributed by atoms with Crippen LogP contribution in [0.5, 0.6) is 0 Å². The van der Waals surface area contributed by atoms with Gasteiger partial charge < -0.3 is 19.3 Å². The van der Waals surface area contributed by atoms with Crippen LogP contribution in [0.1, 0.15) is 51.2 Å². The summed E-state index contributed by atoms with van der Waals surface area (Å²) in [5.74, 6) is 1.23. The van der Waals surface area contributed by atoms with Gasteiger partial charge in [0, 0.05) is 19.7 Å². The molecule has 1 aromatic rings. The summed E-state index contributed by atoms with van der Waals surface area (Å²) in [5.41, 5.74) is -0.433. The smallest absolute Gasteiger partial charge is 0.252 e. The molecule has 2 aliphatic rings. The Bertz CT molecular complexity index is 450. The molecule has 2 fully saturated rings. The average molecular weight is 281 g/mol. The summed E-state index contributed by atoms with van der Waals surface area (Å²) in [6.07, 6.45) is 4.26. The predicted octanol–water partition coefficient (Wildman–Crippen LogP) is 1.75. The highest BCUT2D eigenvalue weighted by Gasteiger charge is 2.41. The Morgan fingerprint density at radius 2 is 2.00 bits per heavy atom. The number of hydrogen-bond donors (Lipinski definition) is 1. The molecule has 2 heterocycles. The molecule has 0 atom stereocenters. The quantitative estimate of drug-likeness (QED) is 0.856. The van der Waals surface area contributed by atoms with Gasteiger partial charge >= 0.3 is 0 Å². The molecule has 1 N–H and O–H groups in total. The molecule has 0 bridgehead atoms. The van der Waals surface area contributed by atoms with Crippen molar-refractivity contribution in [1.29, 1.82) is 0 Å². The van der Waals surface area contributed by atoms with E-state index < -0.39 is 0 Å². The fourth-order valence-corrected chi connectivity index (χ4v) is 2.97. The summed E-state index contributed by atoms with van der Waals surface area (Å²) in [6, 6.07) is 0. The van der Waals surface area contributed by atoms with Gasteiger partial charge in [0.15, 0.2) is 0 Å². The first-order chi connectivity index (χ1) is 9.66. The Kier molecular flexibility index (Phi) is 3.79. The first-order valence-corrected chi connectivity index (χ1v) is 7.48. The van der Waals surface area contributed by atoms with Crippen LogP contribution in [0.4, 0.5) is 0 Å². The van der Waals surface area contributed by atoms with Crippen molar-refractivity contribution in [3.05, 3.63) is 11.7 Å². The lowest BCUT2D eigenvalue weighted by atomic mass is 10.0. The lowest BCUT2D eigenvalue weighted by Crippen LogP contribution is -2.58. The van der Waals surface area contributed by atoms with Crippen LogP contribution in [0.3, 0.4) is 0 Å². The van der Waals surface area contributed by atoms with E-state index >= 15 is 0 Å². The summed E-state index contributed by atoms with van der Waals surface area (Å²) in [6.45, 7) is 6.87. The van der Waals surface area contributed by atoms with E-state index in [-0.39, 0.29) is 11.2 Å². The first-order valence-electron chi connectivity index (χ1n) is 7.48. The summed E-state index contributed by atoms with van der Waals surface area (Å²) in [4.78, 5) is 4.50. The van der Waals surface area contributed by atoms with Gasteiger partial charge in [0.2, 0.25) is 5.82 Å². The third-order valence-electron chi connectivity index (χ3n) is 4.25. The van der Waals surface area contributed by atoms with Crippen LogP contribution in [0.25, 0.3) is 0 Å². The SMILES string of the molecule is CCOC1(c2noc(COC3(C)CNC3)n2)CCCC1. The maximum Gasteiger partial charge on any atom is 0.252 e. The van der Waals surface area contributed by atoms with Crippen LogP contribution in [-0.4, -0.2) is 35.4 Å². The first kappa shape index (κ1) is 14.0. The van der Waals surface area contributed by atoms with Gasteiger partial charge in [-0.15, -0.1) is 0 Å². The van der Waals surface area contributed by atoms with E-state index in [2.05, 4.69) is 22.4 Å². The minimum atomic E-state index is -0.335. The molecule has 1 saturated heterocycles. The highest BCUT2D eigenvalue weighted by Crippen LogP contribution is 2.40. The van der Waals surface area contributed by atoms with Crippen molar-refractivity contribution >= 4 is 0 Å². The van der Waals surface area contributed by atoms with Crippen molar-refractivity contribution in [2.24, 2.45) is 0 Å². The highest BCUT2D eigenvalue weighted by atomic mass is 16.5. The van der Waals surface area contributed by atoms with Crippen molar-refractivity contribution in [3.63, 3.8) is 0 Å². The van der Waals surface area contributed by atoms with E-state index in [1.54, 1.807) is 0 Å². The Balaban J connectivity index is 1.66. The number of aromatic nitrogens is 2. The Morgan fingerprint density at radius 1 is 1.25 bits per heavy atom. The van der Waals surface area contributed by atoms with E-state index in [9.17, 15) is 0 Å². The van der Waals surface area contributed by atoms with Gasteiger partial charge in [-0.3, -0.25) is 0 Å². The molecule has 6 heteroatoms. The van der Waals surface area contributed by atoms with Crippen LogP contribution in [-0.2, 0) is 21.7 Å². The van der Waals surface area contributed by atoms with Gasteiger partial charge in [-0.1, -0.05) is 5.16 Å². The van der Waals surface area contributed by atoms with Crippen molar-refractivity contribution in [2.75, 3.05) is 19.7 Å². The molecule has 0 radical (unpaired) electrons. The van der Waals surface area contributed by atoms with E-state index in [1.165, 1.54) is 0 Å². The van der Waals surface area contributed by atoms with Crippen molar-refractivity contribution in [1.82, 2.24) is 15.5 Å². The fraction of sp³-hybridized carbons (Fsp3) is 0.857. The number of nitrogens with one attached hydrogen (secondary N) is 1. The molecular formula is C14H23N3O3. The number of hydrogen-bond acceptors (Lipinski definition) is 6. The summed E-state index contributed by atoms with van der Waals surface area (Å²) < 4.78 is 17.1. The zero-order valence-electron chi connectivity index (χ0n) is 12.3. The zero-order chi connectivity index (χ0) is 14.1. The molecule has 1 aliphatic heterocycles. The second kappa shape index (κ2) is 5.42. The van der Waals surface area contributed by atoms with Gasteiger partial charge in [0.1, 0.15) is 12.2 Å². The Labute approximate surface area is 119 Å². The standard InChI is InChI=1S/C14H23N3O3/c1-3-18-14(6-4-5-7-14)12-16-11(20-17-12)8-19-13(2)9-15-10-13/h15H,3-10H2,1-2H3. The van der Waals surface area contributed by atoms with E-state index in [0.29, 0.717) is 24.9 Å². The number of rotatable bonds is 6. The topological polar surface area (TPSA) is 69.4 Å². The van der Waals surface area contributed by atoms with E-state index in [0.717, 1.165) is 38.8 Å². The predicted molar refractivity (Wildman–Crippen MR) is 72.1 cm³/mol. The van der Waals surface area contributed by atoms with Crippen LogP contribution in [0, 0.1) is 0 Å². The van der Waals surface area contributed by atoms with E-state index in [4.69, 9.17) is 14.0 Å². The van der Waals surface area contributed by atoms with Crippen LogP contribution < -0.4 is 5.32 Å². The molecule has 20 heavy (non-hydrogen) atoms. The van der Waals surface area contributed by atoms with Gasteiger partial charge in [-0.05, 0) is 39.5 Å². The van der Waals surface area contributed by atoms with E-state index in [1.807, 2.05) is 6.92 Å².